The summed E-state index contributed by atoms with van der Waals surface area (Å²) < 4.78 is 5.25. The summed E-state index contributed by atoms with van der Waals surface area (Å²) in [5.41, 5.74) is 0.947. The van der Waals surface area contributed by atoms with Crippen LogP contribution in [0.2, 0.25) is 0 Å². The van der Waals surface area contributed by atoms with E-state index in [4.69, 9.17) is 4.74 Å². The molecule has 0 fully saturated rings. The maximum Gasteiger partial charge on any atom is 0.408 e. The SMILES string of the molecule is CCCCCNC(=O)C(c1ccccc1C)N(C)C(=O)C(CS)NC(=O)OC(C)(C)C. The monoisotopic (exact) mass is 451 g/mol. The second-order valence-electron chi connectivity index (χ2n) is 8.59. The van der Waals surface area contributed by atoms with Gasteiger partial charge in [-0.15, -0.1) is 0 Å². The summed E-state index contributed by atoms with van der Waals surface area (Å²) in [5, 5.41) is 5.51. The van der Waals surface area contributed by atoms with Crippen LogP contribution in [0.1, 0.15) is 64.1 Å². The molecule has 0 aromatic heterocycles. The van der Waals surface area contributed by atoms with Gasteiger partial charge in [-0.05, 0) is 45.2 Å². The average Bonchev–Trinajstić information content (AvgIpc) is 2.69. The molecule has 0 spiro atoms. The number of amides is 3. The molecule has 0 saturated heterocycles. The maximum atomic E-state index is 13.2. The molecular weight excluding hydrogens is 414 g/mol. The average molecular weight is 452 g/mol. The lowest BCUT2D eigenvalue weighted by molar-refractivity contribution is -0.140. The van der Waals surface area contributed by atoms with Crippen LogP contribution < -0.4 is 10.6 Å². The Kier molecular flexibility index (Phi) is 10.9. The number of nitrogens with one attached hydrogen (secondary N) is 2. The van der Waals surface area contributed by atoms with Crippen LogP contribution in [-0.2, 0) is 14.3 Å². The van der Waals surface area contributed by atoms with Crippen LogP contribution in [-0.4, -0.2) is 53.8 Å². The number of unbranched alkanes of at least 4 members (excludes halogenated alkanes) is 2. The van der Waals surface area contributed by atoms with Crippen molar-refractivity contribution >= 4 is 30.5 Å². The Morgan fingerprint density at radius 1 is 1.16 bits per heavy atom. The Morgan fingerprint density at radius 3 is 2.35 bits per heavy atom. The highest BCUT2D eigenvalue weighted by Crippen LogP contribution is 2.24. The zero-order valence-electron chi connectivity index (χ0n) is 19.5. The Morgan fingerprint density at radius 2 is 1.81 bits per heavy atom. The van der Waals surface area contributed by atoms with E-state index in [0.717, 1.165) is 30.4 Å². The van der Waals surface area contributed by atoms with Crippen molar-refractivity contribution in [1.29, 1.82) is 0 Å². The van der Waals surface area contributed by atoms with Gasteiger partial charge in [0.25, 0.3) is 0 Å². The minimum atomic E-state index is -0.928. The summed E-state index contributed by atoms with van der Waals surface area (Å²) in [6, 6.07) is 5.72. The highest BCUT2D eigenvalue weighted by atomic mass is 32.1. The Labute approximate surface area is 191 Å². The van der Waals surface area contributed by atoms with Crippen molar-refractivity contribution in [2.45, 2.75) is 71.6 Å². The summed E-state index contributed by atoms with van der Waals surface area (Å²) in [7, 11) is 1.57. The molecule has 174 valence electrons. The van der Waals surface area contributed by atoms with Crippen molar-refractivity contribution in [3.8, 4) is 0 Å². The molecule has 31 heavy (non-hydrogen) atoms. The fourth-order valence-electron chi connectivity index (χ4n) is 3.11. The summed E-state index contributed by atoms with van der Waals surface area (Å²) in [4.78, 5) is 39.8. The van der Waals surface area contributed by atoms with E-state index in [0.29, 0.717) is 6.54 Å². The van der Waals surface area contributed by atoms with Gasteiger partial charge in [-0.3, -0.25) is 9.59 Å². The van der Waals surface area contributed by atoms with Gasteiger partial charge in [0.15, 0.2) is 0 Å². The van der Waals surface area contributed by atoms with Gasteiger partial charge in [0.1, 0.15) is 17.7 Å². The molecule has 0 radical (unpaired) electrons. The van der Waals surface area contributed by atoms with E-state index in [1.54, 1.807) is 27.8 Å². The van der Waals surface area contributed by atoms with Gasteiger partial charge >= 0.3 is 6.09 Å². The summed E-state index contributed by atoms with van der Waals surface area (Å²) in [6.07, 6.45) is 2.24. The van der Waals surface area contributed by atoms with Crippen LogP contribution >= 0.6 is 12.6 Å². The van der Waals surface area contributed by atoms with Gasteiger partial charge in [-0.25, -0.2) is 4.79 Å². The van der Waals surface area contributed by atoms with E-state index < -0.39 is 29.7 Å². The van der Waals surface area contributed by atoms with Gasteiger partial charge in [-0.2, -0.15) is 12.6 Å². The lowest BCUT2D eigenvalue weighted by Crippen LogP contribution is -2.52. The van der Waals surface area contributed by atoms with Gasteiger partial charge in [0.05, 0.1) is 0 Å². The summed E-state index contributed by atoms with van der Waals surface area (Å²) in [6.45, 7) is 9.77. The van der Waals surface area contributed by atoms with Crippen LogP contribution in [0.3, 0.4) is 0 Å². The molecule has 3 amide bonds. The van der Waals surface area contributed by atoms with Gasteiger partial charge < -0.3 is 20.3 Å². The number of ether oxygens (including phenoxy) is 1. The molecule has 0 aliphatic rings. The van der Waals surface area contributed by atoms with E-state index >= 15 is 0 Å². The smallest absolute Gasteiger partial charge is 0.408 e. The number of likely N-dealkylation sites (N-methyl/N-ethyl adjacent to an activating group) is 1. The number of hydrogen-bond donors (Lipinski definition) is 3. The zero-order chi connectivity index (χ0) is 23.6. The molecule has 1 aromatic rings. The fourth-order valence-corrected chi connectivity index (χ4v) is 3.36. The third-order valence-electron chi connectivity index (χ3n) is 4.72. The molecule has 7 nitrogen and oxygen atoms in total. The van der Waals surface area contributed by atoms with Crippen LogP contribution in [0, 0.1) is 6.92 Å². The molecule has 0 aliphatic heterocycles. The first-order chi connectivity index (χ1) is 14.5. The summed E-state index contributed by atoms with van der Waals surface area (Å²) >= 11 is 4.22. The number of nitrogens with zero attached hydrogens (tertiary/aromatic N) is 1. The minimum absolute atomic E-state index is 0.0705. The molecular formula is C23H37N3O4S. The van der Waals surface area contributed by atoms with Crippen molar-refractivity contribution in [3.63, 3.8) is 0 Å². The fraction of sp³-hybridized carbons (Fsp3) is 0.609. The number of rotatable bonds is 10. The quantitative estimate of drug-likeness (QED) is 0.374. The lowest BCUT2D eigenvalue weighted by atomic mass is 9.98. The third-order valence-corrected chi connectivity index (χ3v) is 5.08. The normalized spacial score (nSPS) is 13.1. The topological polar surface area (TPSA) is 87.7 Å². The minimum Gasteiger partial charge on any atom is -0.444 e. The number of carbonyl (C=O) groups is 3. The molecule has 0 bridgehead atoms. The largest absolute Gasteiger partial charge is 0.444 e. The first-order valence-electron chi connectivity index (χ1n) is 10.7. The molecule has 2 N–H and O–H groups in total. The predicted octanol–water partition coefficient (Wildman–Crippen LogP) is 3.62. The highest BCUT2D eigenvalue weighted by Gasteiger charge is 2.34. The number of benzene rings is 1. The number of carbonyl (C=O) groups excluding carboxylic acids is 3. The molecule has 0 heterocycles. The van der Waals surface area contributed by atoms with Crippen LogP contribution in [0.25, 0.3) is 0 Å². The van der Waals surface area contributed by atoms with E-state index in [9.17, 15) is 14.4 Å². The molecule has 0 aliphatic carbocycles. The number of hydrogen-bond acceptors (Lipinski definition) is 5. The molecule has 2 unspecified atom stereocenters. The molecule has 1 rings (SSSR count). The summed E-state index contributed by atoms with van der Waals surface area (Å²) in [5.74, 6) is -0.602. The van der Waals surface area contributed by atoms with E-state index in [1.165, 1.54) is 4.90 Å². The first kappa shape index (κ1) is 26.8. The standard InChI is InChI=1S/C23H37N3O4S/c1-7-8-11-14-24-20(27)19(17-13-10-9-12-16(17)2)26(6)21(28)18(15-31)25-22(29)30-23(3,4)5/h9-10,12-13,18-19,31H,7-8,11,14-15H2,1-6H3,(H,24,27)(H,25,29). The van der Waals surface area contributed by atoms with Crippen molar-refractivity contribution in [3.05, 3.63) is 35.4 Å². The highest BCUT2D eigenvalue weighted by molar-refractivity contribution is 7.80. The van der Waals surface area contributed by atoms with Crippen LogP contribution in [0.15, 0.2) is 24.3 Å². The number of aryl methyl sites for hydroxylation is 1. The van der Waals surface area contributed by atoms with Crippen molar-refractivity contribution in [2.24, 2.45) is 0 Å². The maximum absolute atomic E-state index is 13.2. The molecule has 2 atom stereocenters. The van der Waals surface area contributed by atoms with Crippen molar-refractivity contribution in [1.82, 2.24) is 15.5 Å². The van der Waals surface area contributed by atoms with Crippen molar-refractivity contribution in [2.75, 3.05) is 19.3 Å². The van der Waals surface area contributed by atoms with E-state index in [1.807, 2.05) is 31.2 Å². The van der Waals surface area contributed by atoms with Gasteiger partial charge in [-0.1, -0.05) is 44.0 Å². The van der Waals surface area contributed by atoms with Gasteiger partial charge in [0.2, 0.25) is 11.8 Å². The van der Waals surface area contributed by atoms with Crippen LogP contribution in [0.4, 0.5) is 4.79 Å². The van der Waals surface area contributed by atoms with Gasteiger partial charge in [0, 0.05) is 19.3 Å². The van der Waals surface area contributed by atoms with E-state index in [-0.39, 0.29) is 11.7 Å². The predicted molar refractivity (Wildman–Crippen MR) is 126 cm³/mol. The molecule has 0 saturated carbocycles. The Hall–Kier alpha value is -2.22. The van der Waals surface area contributed by atoms with E-state index in [2.05, 4.69) is 30.2 Å². The molecule has 1 aromatic carbocycles. The third kappa shape index (κ3) is 8.81. The second kappa shape index (κ2) is 12.6. The Bertz CT molecular complexity index is 749. The second-order valence-corrected chi connectivity index (χ2v) is 8.95. The zero-order valence-corrected chi connectivity index (χ0v) is 20.4. The van der Waals surface area contributed by atoms with Crippen molar-refractivity contribution < 1.29 is 19.1 Å². The number of alkyl carbamates (subject to hydrolysis) is 1. The Balaban J connectivity index is 3.07. The first-order valence-corrected chi connectivity index (χ1v) is 11.3. The lowest BCUT2D eigenvalue weighted by Gasteiger charge is -2.32. The van der Waals surface area contributed by atoms with Crippen LogP contribution in [0.5, 0.6) is 0 Å². The molecule has 8 heteroatoms. The number of thiol groups is 1.